The first-order valence-corrected chi connectivity index (χ1v) is 9.12. The molecule has 1 fully saturated rings. The quantitative estimate of drug-likeness (QED) is 0.679. The predicted molar refractivity (Wildman–Crippen MR) is 98.4 cm³/mol. The third-order valence-corrected chi connectivity index (χ3v) is 5.67. The summed E-state index contributed by atoms with van der Waals surface area (Å²) in [5.41, 5.74) is 3.14. The second kappa shape index (κ2) is 6.40. The lowest BCUT2D eigenvalue weighted by Crippen LogP contribution is -2.38. The molecule has 0 aromatic carbocycles. The Morgan fingerprint density at radius 1 is 1.40 bits per heavy atom. The maximum atomic E-state index is 12.0. The summed E-state index contributed by atoms with van der Waals surface area (Å²) in [5, 5.41) is 5.18. The number of piperidine rings is 1. The first-order chi connectivity index (χ1) is 12.2. The van der Waals surface area contributed by atoms with Gasteiger partial charge in [-0.2, -0.15) is 5.10 Å². The molecule has 1 atom stereocenters. The fourth-order valence-corrected chi connectivity index (χ4v) is 4.33. The van der Waals surface area contributed by atoms with Crippen molar-refractivity contribution < 1.29 is 4.79 Å². The molecular weight excluding hydrogens is 334 g/mol. The summed E-state index contributed by atoms with van der Waals surface area (Å²) >= 11 is 1.63. The van der Waals surface area contributed by atoms with Crippen molar-refractivity contribution in [2.75, 3.05) is 13.1 Å². The van der Waals surface area contributed by atoms with Crippen LogP contribution in [0, 0.1) is 0 Å². The molecule has 4 rings (SSSR count). The fraction of sp³-hybridized carbons (Fsp3) is 0.333. The topological polar surface area (TPSA) is 63.9 Å². The molecule has 6 nitrogen and oxygen atoms in total. The predicted octanol–water partition coefficient (Wildman–Crippen LogP) is 2.98. The highest BCUT2D eigenvalue weighted by Crippen LogP contribution is 2.36. The number of fused-ring (bicyclic) bond motifs is 1. The van der Waals surface area contributed by atoms with Crippen LogP contribution in [0.5, 0.6) is 0 Å². The van der Waals surface area contributed by atoms with E-state index < -0.39 is 0 Å². The number of carbonyl (C=O) groups is 1. The van der Waals surface area contributed by atoms with Gasteiger partial charge in [-0.05, 0) is 18.9 Å². The lowest BCUT2D eigenvalue weighted by atomic mass is 9.91. The summed E-state index contributed by atoms with van der Waals surface area (Å²) in [7, 11) is 1.90. The standard InChI is InChI=1S/C18H19N5OS/c1-3-16(24)23-6-4-5-12(11-23)14-8-19-9-15-17(14)21-18(25-15)13-7-20-22(2)10-13/h3,7-10,12H,1,4-6,11H2,2H3/t12-/m0/s1. The average molecular weight is 353 g/mol. The molecule has 1 aliphatic heterocycles. The molecule has 0 bridgehead atoms. The number of hydrogen-bond donors (Lipinski definition) is 0. The van der Waals surface area contributed by atoms with Crippen molar-refractivity contribution in [3.8, 4) is 10.6 Å². The number of carbonyl (C=O) groups excluding carboxylic acids is 1. The van der Waals surface area contributed by atoms with E-state index in [4.69, 9.17) is 4.98 Å². The summed E-state index contributed by atoms with van der Waals surface area (Å²) in [6.07, 6.45) is 11.0. The van der Waals surface area contributed by atoms with Crippen LogP contribution in [0.25, 0.3) is 20.8 Å². The van der Waals surface area contributed by atoms with E-state index in [2.05, 4.69) is 16.7 Å². The van der Waals surface area contributed by atoms with E-state index in [1.165, 1.54) is 6.08 Å². The molecule has 0 saturated carbocycles. The van der Waals surface area contributed by atoms with Gasteiger partial charge >= 0.3 is 0 Å². The van der Waals surface area contributed by atoms with E-state index in [1.807, 2.05) is 36.7 Å². The molecule has 0 aliphatic carbocycles. The van der Waals surface area contributed by atoms with Crippen molar-refractivity contribution in [2.45, 2.75) is 18.8 Å². The van der Waals surface area contributed by atoms with Crippen LogP contribution in [0.15, 0.2) is 37.4 Å². The zero-order valence-corrected chi connectivity index (χ0v) is 14.9. The van der Waals surface area contributed by atoms with Gasteiger partial charge in [0.05, 0.1) is 16.4 Å². The van der Waals surface area contributed by atoms with Crippen LogP contribution in [-0.2, 0) is 11.8 Å². The molecule has 1 amide bonds. The molecule has 3 aromatic rings. The van der Waals surface area contributed by atoms with Crippen LogP contribution in [0.1, 0.15) is 24.3 Å². The molecule has 0 N–H and O–H groups in total. The first-order valence-electron chi connectivity index (χ1n) is 8.30. The number of nitrogens with zero attached hydrogens (tertiary/aromatic N) is 5. The zero-order valence-electron chi connectivity index (χ0n) is 14.1. The highest BCUT2D eigenvalue weighted by Gasteiger charge is 2.26. The van der Waals surface area contributed by atoms with Crippen LogP contribution in [-0.4, -0.2) is 43.6 Å². The Balaban J connectivity index is 1.71. The number of pyridine rings is 1. The lowest BCUT2D eigenvalue weighted by molar-refractivity contribution is -0.127. The molecule has 128 valence electrons. The lowest BCUT2D eigenvalue weighted by Gasteiger charge is -2.32. The van der Waals surface area contributed by atoms with E-state index in [0.29, 0.717) is 6.54 Å². The highest BCUT2D eigenvalue weighted by molar-refractivity contribution is 7.21. The minimum absolute atomic E-state index is 0.000777. The second-order valence-electron chi connectivity index (χ2n) is 6.32. The largest absolute Gasteiger partial charge is 0.339 e. The van der Waals surface area contributed by atoms with Gasteiger partial charge in [0.1, 0.15) is 5.01 Å². The van der Waals surface area contributed by atoms with Gasteiger partial charge in [-0.25, -0.2) is 4.98 Å². The van der Waals surface area contributed by atoms with Gasteiger partial charge in [0.25, 0.3) is 0 Å². The van der Waals surface area contributed by atoms with E-state index in [-0.39, 0.29) is 11.8 Å². The van der Waals surface area contributed by atoms with Crippen LogP contribution in [0.3, 0.4) is 0 Å². The van der Waals surface area contributed by atoms with Gasteiger partial charge in [0, 0.05) is 55.8 Å². The molecule has 7 heteroatoms. The van der Waals surface area contributed by atoms with E-state index in [0.717, 1.165) is 45.7 Å². The minimum Gasteiger partial charge on any atom is -0.339 e. The first kappa shape index (κ1) is 16.0. The van der Waals surface area contributed by atoms with Crippen LogP contribution in [0.4, 0.5) is 0 Å². The zero-order chi connectivity index (χ0) is 17.4. The Labute approximate surface area is 149 Å². The highest BCUT2D eigenvalue weighted by atomic mass is 32.1. The minimum atomic E-state index is -0.000777. The van der Waals surface area contributed by atoms with Crippen LogP contribution in [0.2, 0.25) is 0 Å². The van der Waals surface area contributed by atoms with E-state index in [1.54, 1.807) is 16.0 Å². The summed E-state index contributed by atoms with van der Waals surface area (Å²) < 4.78 is 2.85. The number of likely N-dealkylation sites (tertiary alicyclic amines) is 1. The third-order valence-electron chi connectivity index (χ3n) is 4.63. The maximum Gasteiger partial charge on any atom is 0.245 e. The Bertz CT molecular complexity index is 944. The Morgan fingerprint density at radius 3 is 3.04 bits per heavy atom. The Kier molecular flexibility index (Phi) is 4.09. The number of hydrogen-bond acceptors (Lipinski definition) is 5. The summed E-state index contributed by atoms with van der Waals surface area (Å²) in [4.78, 5) is 23.1. The molecule has 1 saturated heterocycles. The normalized spacial score (nSPS) is 17.8. The Hall–Kier alpha value is -2.54. The number of amides is 1. The van der Waals surface area contributed by atoms with Crippen molar-refractivity contribution in [3.05, 3.63) is 43.0 Å². The maximum absolute atomic E-state index is 12.0. The van der Waals surface area contributed by atoms with Gasteiger partial charge in [-0.1, -0.05) is 6.58 Å². The summed E-state index contributed by atoms with van der Waals surface area (Å²) in [6.45, 7) is 5.09. The van der Waals surface area contributed by atoms with E-state index in [9.17, 15) is 4.79 Å². The number of aromatic nitrogens is 4. The number of thiazole rings is 1. The Morgan fingerprint density at radius 2 is 2.28 bits per heavy atom. The van der Waals surface area contributed by atoms with Crippen LogP contribution >= 0.6 is 11.3 Å². The molecular formula is C18H19N5OS. The molecule has 0 spiro atoms. The van der Waals surface area contributed by atoms with Crippen LogP contribution < -0.4 is 0 Å². The molecule has 0 radical (unpaired) electrons. The average Bonchev–Trinajstić information content (AvgIpc) is 3.26. The summed E-state index contributed by atoms with van der Waals surface area (Å²) in [6, 6.07) is 0. The monoisotopic (exact) mass is 353 g/mol. The van der Waals surface area contributed by atoms with Crippen molar-refractivity contribution in [1.29, 1.82) is 0 Å². The van der Waals surface area contributed by atoms with Crippen molar-refractivity contribution in [3.63, 3.8) is 0 Å². The molecule has 25 heavy (non-hydrogen) atoms. The van der Waals surface area contributed by atoms with Gasteiger partial charge in [-0.15, -0.1) is 11.3 Å². The molecule has 4 heterocycles. The molecule has 0 unspecified atom stereocenters. The van der Waals surface area contributed by atoms with Crippen molar-refractivity contribution in [1.82, 2.24) is 24.6 Å². The van der Waals surface area contributed by atoms with Gasteiger partial charge in [-0.3, -0.25) is 14.5 Å². The van der Waals surface area contributed by atoms with Gasteiger partial charge in [0.2, 0.25) is 5.91 Å². The van der Waals surface area contributed by atoms with Crippen molar-refractivity contribution in [2.24, 2.45) is 7.05 Å². The van der Waals surface area contributed by atoms with E-state index >= 15 is 0 Å². The molecule has 3 aromatic heterocycles. The number of rotatable bonds is 3. The summed E-state index contributed by atoms with van der Waals surface area (Å²) in [5.74, 6) is 0.261. The fourth-order valence-electron chi connectivity index (χ4n) is 3.39. The molecule has 1 aliphatic rings. The third kappa shape index (κ3) is 2.95. The van der Waals surface area contributed by atoms with Gasteiger partial charge in [0.15, 0.2) is 0 Å². The smallest absolute Gasteiger partial charge is 0.245 e. The van der Waals surface area contributed by atoms with Gasteiger partial charge < -0.3 is 4.90 Å². The second-order valence-corrected chi connectivity index (χ2v) is 7.36. The van der Waals surface area contributed by atoms with Crippen molar-refractivity contribution >= 4 is 27.5 Å². The SMILES string of the molecule is C=CC(=O)N1CCC[C@H](c2cncc3sc(-c4cnn(C)c4)nc23)C1. The number of aryl methyl sites for hydroxylation is 1.